The first-order chi connectivity index (χ1) is 8.29. The van der Waals surface area contributed by atoms with Gasteiger partial charge < -0.3 is 11.1 Å². The van der Waals surface area contributed by atoms with Gasteiger partial charge >= 0.3 is 0 Å². The van der Waals surface area contributed by atoms with Gasteiger partial charge in [0.2, 0.25) is 5.91 Å². The Kier molecular flexibility index (Phi) is 4.57. The first-order valence-corrected chi connectivity index (χ1v) is 7.24. The van der Waals surface area contributed by atoms with Crippen LogP contribution in [0.15, 0.2) is 16.8 Å². The Balaban J connectivity index is 1.83. The van der Waals surface area contributed by atoms with Crippen LogP contribution >= 0.6 is 11.3 Å². The van der Waals surface area contributed by atoms with Gasteiger partial charge in [0, 0.05) is 12.6 Å². The molecule has 94 valence electrons. The van der Waals surface area contributed by atoms with Crippen LogP contribution in [-0.2, 0) is 11.2 Å². The summed E-state index contributed by atoms with van der Waals surface area (Å²) in [6.45, 7) is 0.556. The van der Waals surface area contributed by atoms with E-state index < -0.39 is 0 Å². The lowest BCUT2D eigenvalue weighted by Crippen LogP contribution is -2.45. The smallest absolute Gasteiger partial charge is 0.224 e. The van der Waals surface area contributed by atoms with E-state index in [1.54, 1.807) is 11.3 Å². The SMILES string of the molecule is NCC(NC(=O)Cc1ccsc1)C1CCCC1. The molecule has 1 fully saturated rings. The van der Waals surface area contributed by atoms with Crippen LogP contribution in [0.25, 0.3) is 0 Å². The molecule has 4 heteroatoms. The molecule has 2 rings (SSSR count). The number of hydrogen-bond donors (Lipinski definition) is 2. The summed E-state index contributed by atoms with van der Waals surface area (Å²) < 4.78 is 0. The van der Waals surface area contributed by atoms with Gasteiger partial charge in [0.1, 0.15) is 0 Å². The van der Waals surface area contributed by atoms with Gasteiger partial charge in [-0.1, -0.05) is 12.8 Å². The molecule has 0 aliphatic heterocycles. The van der Waals surface area contributed by atoms with Crippen LogP contribution in [0.4, 0.5) is 0 Å². The summed E-state index contributed by atoms with van der Waals surface area (Å²) in [5.41, 5.74) is 6.85. The number of nitrogens with one attached hydrogen (secondary N) is 1. The third-order valence-electron chi connectivity index (χ3n) is 3.51. The first-order valence-electron chi connectivity index (χ1n) is 6.30. The summed E-state index contributed by atoms with van der Waals surface area (Å²) in [5, 5.41) is 7.11. The molecular weight excluding hydrogens is 232 g/mol. The summed E-state index contributed by atoms with van der Waals surface area (Å²) in [6.07, 6.45) is 5.46. The van der Waals surface area contributed by atoms with Crippen LogP contribution in [0, 0.1) is 5.92 Å². The molecule has 1 aromatic heterocycles. The van der Waals surface area contributed by atoms with E-state index in [9.17, 15) is 4.79 Å². The molecule has 1 atom stereocenters. The average molecular weight is 252 g/mol. The van der Waals surface area contributed by atoms with E-state index >= 15 is 0 Å². The summed E-state index contributed by atoms with van der Waals surface area (Å²) in [7, 11) is 0. The highest BCUT2D eigenvalue weighted by atomic mass is 32.1. The number of carbonyl (C=O) groups is 1. The van der Waals surface area contributed by atoms with E-state index in [0.29, 0.717) is 18.9 Å². The van der Waals surface area contributed by atoms with Gasteiger partial charge in [-0.05, 0) is 41.1 Å². The molecule has 3 N–H and O–H groups in total. The zero-order valence-electron chi connectivity index (χ0n) is 10.0. The Bertz CT molecular complexity index is 344. The summed E-state index contributed by atoms with van der Waals surface area (Å²) in [6, 6.07) is 2.17. The Morgan fingerprint density at radius 2 is 2.29 bits per heavy atom. The quantitative estimate of drug-likeness (QED) is 0.841. The van der Waals surface area contributed by atoms with Crippen LogP contribution in [0.5, 0.6) is 0 Å². The highest BCUT2D eigenvalue weighted by molar-refractivity contribution is 7.07. The van der Waals surface area contributed by atoms with Crippen molar-refractivity contribution in [1.29, 1.82) is 0 Å². The average Bonchev–Trinajstić information content (AvgIpc) is 2.97. The fraction of sp³-hybridized carbons (Fsp3) is 0.615. The fourth-order valence-corrected chi connectivity index (χ4v) is 3.23. The van der Waals surface area contributed by atoms with Crippen LogP contribution in [0.2, 0.25) is 0 Å². The number of nitrogens with two attached hydrogens (primary N) is 1. The van der Waals surface area contributed by atoms with Crippen molar-refractivity contribution in [3.63, 3.8) is 0 Å². The van der Waals surface area contributed by atoms with Gasteiger partial charge in [-0.3, -0.25) is 4.79 Å². The molecule has 0 saturated heterocycles. The lowest BCUT2D eigenvalue weighted by molar-refractivity contribution is -0.121. The van der Waals surface area contributed by atoms with Crippen molar-refractivity contribution in [2.75, 3.05) is 6.54 Å². The van der Waals surface area contributed by atoms with E-state index in [1.165, 1.54) is 25.7 Å². The van der Waals surface area contributed by atoms with Gasteiger partial charge in [0.15, 0.2) is 0 Å². The van der Waals surface area contributed by atoms with E-state index in [4.69, 9.17) is 5.73 Å². The van der Waals surface area contributed by atoms with Crippen molar-refractivity contribution in [3.05, 3.63) is 22.4 Å². The molecule has 3 nitrogen and oxygen atoms in total. The number of amides is 1. The third-order valence-corrected chi connectivity index (χ3v) is 4.25. The molecule has 1 saturated carbocycles. The number of carbonyl (C=O) groups excluding carboxylic acids is 1. The van der Waals surface area contributed by atoms with Crippen molar-refractivity contribution in [2.45, 2.75) is 38.1 Å². The topological polar surface area (TPSA) is 55.1 Å². The van der Waals surface area contributed by atoms with Crippen molar-refractivity contribution in [1.82, 2.24) is 5.32 Å². The predicted molar refractivity (Wildman–Crippen MR) is 71.0 cm³/mol. The highest BCUT2D eigenvalue weighted by Crippen LogP contribution is 2.27. The zero-order valence-corrected chi connectivity index (χ0v) is 10.8. The molecule has 0 aromatic carbocycles. The van der Waals surface area contributed by atoms with Crippen LogP contribution in [0.1, 0.15) is 31.2 Å². The molecule has 0 radical (unpaired) electrons. The maximum atomic E-state index is 11.9. The number of rotatable bonds is 5. The van der Waals surface area contributed by atoms with Crippen molar-refractivity contribution >= 4 is 17.2 Å². The monoisotopic (exact) mass is 252 g/mol. The Morgan fingerprint density at radius 1 is 1.53 bits per heavy atom. The van der Waals surface area contributed by atoms with Crippen LogP contribution in [0.3, 0.4) is 0 Å². The highest BCUT2D eigenvalue weighted by Gasteiger charge is 2.25. The molecule has 1 amide bonds. The van der Waals surface area contributed by atoms with Crippen molar-refractivity contribution < 1.29 is 4.79 Å². The van der Waals surface area contributed by atoms with Crippen molar-refractivity contribution in [2.24, 2.45) is 11.7 Å². The second kappa shape index (κ2) is 6.17. The Labute approximate surface area is 106 Å². The lowest BCUT2D eigenvalue weighted by atomic mass is 9.98. The molecule has 0 spiro atoms. The van der Waals surface area contributed by atoms with Gasteiger partial charge in [0.05, 0.1) is 6.42 Å². The Morgan fingerprint density at radius 3 is 2.88 bits per heavy atom. The molecule has 0 bridgehead atoms. The second-order valence-electron chi connectivity index (χ2n) is 4.76. The largest absolute Gasteiger partial charge is 0.352 e. The molecule has 1 aliphatic rings. The number of thiophene rings is 1. The zero-order chi connectivity index (χ0) is 12.1. The van der Waals surface area contributed by atoms with Gasteiger partial charge in [-0.25, -0.2) is 0 Å². The summed E-state index contributed by atoms with van der Waals surface area (Å²) >= 11 is 1.63. The molecule has 1 aliphatic carbocycles. The van der Waals surface area contributed by atoms with Crippen LogP contribution in [-0.4, -0.2) is 18.5 Å². The second-order valence-corrected chi connectivity index (χ2v) is 5.54. The molecular formula is C13H20N2OS. The fourth-order valence-electron chi connectivity index (χ4n) is 2.57. The van der Waals surface area contributed by atoms with E-state index in [-0.39, 0.29) is 11.9 Å². The third kappa shape index (κ3) is 3.54. The Hall–Kier alpha value is -0.870. The lowest BCUT2D eigenvalue weighted by Gasteiger charge is -2.23. The molecule has 1 aromatic rings. The van der Waals surface area contributed by atoms with E-state index in [1.807, 2.05) is 16.8 Å². The number of hydrogen-bond acceptors (Lipinski definition) is 3. The van der Waals surface area contributed by atoms with Crippen molar-refractivity contribution in [3.8, 4) is 0 Å². The van der Waals surface area contributed by atoms with Gasteiger partial charge in [0.25, 0.3) is 0 Å². The maximum absolute atomic E-state index is 11.9. The normalized spacial score (nSPS) is 18.2. The standard InChI is InChI=1S/C13H20N2OS/c14-8-12(11-3-1-2-4-11)15-13(16)7-10-5-6-17-9-10/h5-6,9,11-12H,1-4,7-8,14H2,(H,15,16). The van der Waals surface area contributed by atoms with Gasteiger partial charge in [-0.15, -0.1) is 0 Å². The van der Waals surface area contributed by atoms with E-state index in [2.05, 4.69) is 5.32 Å². The molecule has 1 unspecified atom stereocenters. The van der Waals surface area contributed by atoms with Gasteiger partial charge in [-0.2, -0.15) is 11.3 Å². The minimum atomic E-state index is 0.103. The molecule has 17 heavy (non-hydrogen) atoms. The minimum Gasteiger partial charge on any atom is -0.352 e. The minimum absolute atomic E-state index is 0.103. The maximum Gasteiger partial charge on any atom is 0.224 e. The summed E-state index contributed by atoms with van der Waals surface area (Å²) in [5.74, 6) is 0.692. The van der Waals surface area contributed by atoms with E-state index in [0.717, 1.165) is 5.56 Å². The van der Waals surface area contributed by atoms with Crippen LogP contribution < -0.4 is 11.1 Å². The first kappa shape index (κ1) is 12.6. The summed E-state index contributed by atoms with van der Waals surface area (Å²) in [4.78, 5) is 11.9. The molecule has 1 heterocycles. The predicted octanol–water partition coefficient (Wildman–Crippen LogP) is 1.92.